The molecule has 0 unspecified atom stereocenters. The first-order valence-corrected chi connectivity index (χ1v) is 9.32. The highest BCUT2D eigenvalue weighted by Gasteiger charge is 2.28. The fourth-order valence-electron chi connectivity index (χ4n) is 2.14. The molecule has 0 radical (unpaired) electrons. The van der Waals surface area contributed by atoms with Crippen molar-refractivity contribution in [2.75, 3.05) is 13.2 Å². The van der Waals surface area contributed by atoms with E-state index >= 15 is 0 Å². The van der Waals surface area contributed by atoms with Gasteiger partial charge in [0.1, 0.15) is 10.8 Å². The summed E-state index contributed by atoms with van der Waals surface area (Å²) in [7, 11) is 0. The minimum Gasteiger partial charge on any atom is -0.484 e. The molecule has 0 fully saturated rings. The molecule has 1 heterocycles. The number of ether oxygens (including phenoxy) is 1. The van der Waals surface area contributed by atoms with Gasteiger partial charge in [-0.15, -0.1) is 11.3 Å². The van der Waals surface area contributed by atoms with Gasteiger partial charge >= 0.3 is 6.18 Å². The van der Waals surface area contributed by atoms with Crippen LogP contribution in [-0.2, 0) is 13.1 Å². The van der Waals surface area contributed by atoms with Crippen LogP contribution in [0.3, 0.4) is 0 Å². The topological polar surface area (TPSA) is 58.5 Å². The normalized spacial score (nSPS) is 12.1. The second-order valence-corrected chi connectivity index (χ2v) is 7.13. The van der Waals surface area contributed by atoms with Crippen molar-refractivity contribution in [2.45, 2.75) is 40.0 Å². The number of rotatable bonds is 7. The number of nitrogens with one attached hydrogen (secondary N) is 2. The number of benzene rings is 1. The van der Waals surface area contributed by atoms with Crippen molar-refractivity contribution in [2.24, 2.45) is 4.99 Å². The Morgan fingerprint density at radius 2 is 1.89 bits per heavy atom. The van der Waals surface area contributed by atoms with Crippen LogP contribution in [0, 0.1) is 13.8 Å². The van der Waals surface area contributed by atoms with E-state index in [4.69, 9.17) is 4.74 Å². The standard InChI is InChI=1S/C18H23F3N4OS/c1-4-22-17(24-10-16-25-12(2)13(3)27-16)23-9-14-5-7-15(8-6-14)26-11-18(19,20)21/h5-8H,4,9-11H2,1-3H3,(H2,22,23,24). The van der Waals surface area contributed by atoms with E-state index in [1.54, 1.807) is 23.5 Å². The zero-order valence-electron chi connectivity index (χ0n) is 15.5. The van der Waals surface area contributed by atoms with Gasteiger partial charge in [-0.2, -0.15) is 13.2 Å². The Morgan fingerprint density at radius 1 is 1.19 bits per heavy atom. The summed E-state index contributed by atoms with van der Waals surface area (Å²) in [6.07, 6.45) is -4.34. The van der Waals surface area contributed by atoms with Crippen LogP contribution in [0.5, 0.6) is 5.75 Å². The molecule has 27 heavy (non-hydrogen) atoms. The van der Waals surface area contributed by atoms with Crippen LogP contribution in [0.15, 0.2) is 29.3 Å². The molecule has 2 rings (SSSR count). The van der Waals surface area contributed by atoms with Gasteiger partial charge in [0.05, 0.1) is 18.8 Å². The molecule has 0 spiro atoms. The third-order valence-electron chi connectivity index (χ3n) is 3.57. The lowest BCUT2D eigenvalue weighted by Crippen LogP contribution is -2.36. The molecule has 0 saturated carbocycles. The van der Waals surface area contributed by atoms with Crippen LogP contribution in [0.1, 0.15) is 28.1 Å². The Labute approximate surface area is 160 Å². The first kappa shape index (κ1) is 21.0. The highest BCUT2D eigenvalue weighted by Crippen LogP contribution is 2.19. The highest BCUT2D eigenvalue weighted by atomic mass is 32.1. The maximum atomic E-state index is 12.2. The summed E-state index contributed by atoms with van der Waals surface area (Å²) in [6, 6.07) is 6.43. The third-order valence-corrected chi connectivity index (χ3v) is 4.64. The van der Waals surface area contributed by atoms with Crippen LogP contribution in [0.4, 0.5) is 13.2 Å². The van der Waals surface area contributed by atoms with E-state index in [2.05, 4.69) is 20.6 Å². The molecule has 0 atom stereocenters. The number of nitrogens with zero attached hydrogens (tertiary/aromatic N) is 2. The Morgan fingerprint density at radius 3 is 2.44 bits per heavy atom. The fourth-order valence-corrected chi connectivity index (χ4v) is 3.02. The smallest absolute Gasteiger partial charge is 0.422 e. The minimum absolute atomic E-state index is 0.180. The zero-order chi connectivity index (χ0) is 19.9. The molecule has 0 saturated heterocycles. The molecule has 5 nitrogen and oxygen atoms in total. The summed E-state index contributed by atoms with van der Waals surface area (Å²) in [5.41, 5.74) is 1.90. The van der Waals surface area contributed by atoms with Crippen LogP contribution in [0.25, 0.3) is 0 Å². The van der Waals surface area contributed by atoms with Crippen LogP contribution >= 0.6 is 11.3 Å². The number of aliphatic imine (C=N–C) groups is 1. The quantitative estimate of drug-likeness (QED) is 0.546. The lowest BCUT2D eigenvalue weighted by atomic mass is 10.2. The van der Waals surface area contributed by atoms with Crippen LogP contribution in [0.2, 0.25) is 0 Å². The van der Waals surface area contributed by atoms with Crippen molar-refractivity contribution in [1.82, 2.24) is 15.6 Å². The molecule has 0 aliphatic carbocycles. The van der Waals surface area contributed by atoms with Gasteiger partial charge in [-0.05, 0) is 38.5 Å². The summed E-state index contributed by atoms with van der Waals surface area (Å²) in [6.45, 7) is 6.39. The Hall–Kier alpha value is -2.29. The van der Waals surface area contributed by atoms with E-state index in [0.717, 1.165) is 16.3 Å². The lowest BCUT2D eigenvalue weighted by molar-refractivity contribution is -0.153. The molecule has 1 aromatic carbocycles. The van der Waals surface area contributed by atoms with E-state index in [-0.39, 0.29) is 5.75 Å². The zero-order valence-corrected chi connectivity index (χ0v) is 16.3. The summed E-state index contributed by atoms with van der Waals surface area (Å²) in [5, 5.41) is 7.38. The number of hydrogen-bond acceptors (Lipinski definition) is 4. The number of halogens is 3. The maximum absolute atomic E-state index is 12.2. The summed E-state index contributed by atoms with van der Waals surface area (Å²) >= 11 is 1.65. The predicted octanol–water partition coefficient (Wildman–Crippen LogP) is 3.96. The minimum atomic E-state index is -4.34. The first-order chi connectivity index (χ1) is 12.8. The predicted molar refractivity (Wildman–Crippen MR) is 101 cm³/mol. The largest absolute Gasteiger partial charge is 0.484 e. The average Bonchev–Trinajstić information content (AvgIpc) is 2.94. The van der Waals surface area contributed by atoms with Crippen molar-refractivity contribution in [3.63, 3.8) is 0 Å². The number of thiazole rings is 1. The highest BCUT2D eigenvalue weighted by molar-refractivity contribution is 7.11. The second kappa shape index (κ2) is 9.59. The molecule has 1 aromatic heterocycles. The molecule has 0 aliphatic heterocycles. The lowest BCUT2D eigenvalue weighted by Gasteiger charge is -2.11. The van der Waals surface area contributed by atoms with Gasteiger partial charge in [-0.3, -0.25) is 0 Å². The summed E-state index contributed by atoms with van der Waals surface area (Å²) < 4.78 is 41.2. The van der Waals surface area contributed by atoms with Crippen molar-refractivity contribution in [3.8, 4) is 5.75 Å². The first-order valence-electron chi connectivity index (χ1n) is 8.50. The number of guanidine groups is 1. The van der Waals surface area contributed by atoms with E-state index in [0.29, 0.717) is 25.6 Å². The van der Waals surface area contributed by atoms with E-state index < -0.39 is 12.8 Å². The van der Waals surface area contributed by atoms with E-state index in [1.807, 2.05) is 20.8 Å². The monoisotopic (exact) mass is 400 g/mol. The summed E-state index contributed by atoms with van der Waals surface area (Å²) in [4.78, 5) is 10.2. The van der Waals surface area contributed by atoms with Gasteiger partial charge in [0.15, 0.2) is 12.6 Å². The van der Waals surface area contributed by atoms with E-state index in [1.165, 1.54) is 17.0 Å². The van der Waals surface area contributed by atoms with Crippen molar-refractivity contribution in [3.05, 3.63) is 45.4 Å². The summed E-state index contributed by atoms with van der Waals surface area (Å²) in [5.74, 6) is 0.833. The molecular weight excluding hydrogens is 377 g/mol. The molecule has 0 amide bonds. The van der Waals surface area contributed by atoms with E-state index in [9.17, 15) is 13.2 Å². The van der Waals surface area contributed by atoms with Crippen LogP contribution in [-0.4, -0.2) is 30.3 Å². The molecule has 9 heteroatoms. The number of aryl methyl sites for hydroxylation is 2. The van der Waals surface area contributed by atoms with Crippen molar-refractivity contribution in [1.29, 1.82) is 0 Å². The fraction of sp³-hybridized carbons (Fsp3) is 0.444. The Balaban J connectivity index is 1.91. The number of alkyl halides is 3. The SMILES string of the molecule is CCNC(=NCc1ccc(OCC(F)(F)F)cc1)NCc1nc(C)c(C)s1. The van der Waals surface area contributed by atoms with Crippen molar-refractivity contribution < 1.29 is 17.9 Å². The number of hydrogen-bond donors (Lipinski definition) is 2. The van der Waals surface area contributed by atoms with Gasteiger partial charge < -0.3 is 15.4 Å². The van der Waals surface area contributed by atoms with Gasteiger partial charge in [-0.1, -0.05) is 12.1 Å². The van der Waals surface area contributed by atoms with Gasteiger partial charge in [0.2, 0.25) is 0 Å². The molecular formula is C18H23F3N4OS. The maximum Gasteiger partial charge on any atom is 0.422 e. The van der Waals surface area contributed by atoms with Gasteiger partial charge in [-0.25, -0.2) is 9.98 Å². The Bertz CT molecular complexity index is 737. The van der Waals surface area contributed by atoms with Crippen molar-refractivity contribution >= 4 is 17.3 Å². The van der Waals surface area contributed by atoms with Gasteiger partial charge in [0.25, 0.3) is 0 Å². The second-order valence-electron chi connectivity index (χ2n) is 5.85. The molecule has 148 valence electrons. The van der Waals surface area contributed by atoms with Crippen LogP contribution < -0.4 is 15.4 Å². The molecule has 2 aromatic rings. The molecule has 2 N–H and O–H groups in total. The number of aromatic nitrogens is 1. The molecule has 0 bridgehead atoms. The molecule has 0 aliphatic rings. The third kappa shape index (κ3) is 7.46. The Kier molecular flexibility index (Phi) is 7.46. The average molecular weight is 400 g/mol. The van der Waals surface area contributed by atoms with Gasteiger partial charge in [0, 0.05) is 11.4 Å².